The molecular weight excluding hydrogens is 670 g/mol. The van der Waals surface area contributed by atoms with E-state index < -0.39 is 35.8 Å². The van der Waals surface area contributed by atoms with Crippen molar-refractivity contribution in [2.24, 2.45) is 11.8 Å². The fraction of sp³-hybridized carbons (Fsp3) is 0.256. The molecule has 13 nitrogen and oxygen atoms in total. The molecule has 3 heterocycles. The van der Waals surface area contributed by atoms with E-state index in [-0.39, 0.29) is 54.5 Å². The first-order valence-corrected chi connectivity index (χ1v) is 16.7. The van der Waals surface area contributed by atoms with E-state index in [0.29, 0.717) is 22.7 Å². The molecule has 1 aromatic heterocycles. The van der Waals surface area contributed by atoms with Crippen LogP contribution in [0.2, 0.25) is 0 Å². The lowest BCUT2D eigenvalue weighted by atomic mass is 9.65. The Balaban J connectivity index is 1.08. The predicted octanol–water partition coefficient (Wildman–Crippen LogP) is 5.13. The Morgan fingerprint density at radius 1 is 0.942 bits per heavy atom. The number of methoxy groups -OCH3 is 2. The van der Waals surface area contributed by atoms with Crippen molar-refractivity contribution < 1.29 is 48.3 Å². The molecule has 2 aliphatic heterocycles. The van der Waals surface area contributed by atoms with Crippen LogP contribution in [0.15, 0.2) is 79.0 Å². The molecule has 1 fully saturated rings. The number of para-hydroxylation sites is 1. The summed E-state index contributed by atoms with van der Waals surface area (Å²) < 4.78 is 28.1. The number of rotatable bonds is 10. The maximum atomic E-state index is 13.5. The summed E-state index contributed by atoms with van der Waals surface area (Å²) in [5.74, 6) is -2.07. The van der Waals surface area contributed by atoms with E-state index in [9.17, 15) is 24.6 Å². The number of aliphatic carboxylic acids is 1. The van der Waals surface area contributed by atoms with Gasteiger partial charge in [0.15, 0.2) is 23.0 Å². The number of phenols is 1. The van der Waals surface area contributed by atoms with Crippen LogP contribution in [-0.2, 0) is 20.7 Å². The van der Waals surface area contributed by atoms with Crippen molar-refractivity contribution in [3.63, 3.8) is 0 Å². The lowest BCUT2D eigenvalue weighted by Crippen LogP contribution is -2.42. The molecule has 1 saturated heterocycles. The smallest absolute Gasteiger partial charge is 0.326 e. The van der Waals surface area contributed by atoms with Gasteiger partial charge in [0.05, 0.1) is 32.8 Å². The van der Waals surface area contributed by atoms with Crippen molar-refractivity contribution in [1.29, 1.82) is 0 Å². The number of carboxylic acids is 1. The van der Waals surface area contributed by atoms with Crippen molar-refractivity contribution in [3.05, 3.63) is 107 Å². The number of amides is 1. The summed E-state index contributed by atoms with van der Waals surface area (Å²) in [7, 11) is 2.89. The first kappa shape index (κ1) is 32.8. The van der Waals surface area contributed by atoms with E-state index in [1.54, 1.807) is 42.6 Å². The molecule has 3 aliphatic rings. The van der Waals surface area contributed by atoms with Gasteiger partial charge in [0.25, 0.3) is 5.91 Å². The molecule has 266 valence electrons. The minimum atomic E-state index is -1.14. The van der Waals surface area contributed by atoms with Crippen LogP contribution in [0.1, 0.15) is 44.6 Å². The summed E-state index contributed by atoms with van der Waals surface area (Å²) in [5, 5.41) is 27.7. The first-order chi connectivity index (χ1) is 25.2. The van der Waals surface area contributed by atoms with Gasteiger partial charge in [-0.25, -0.2) is 4.79 Å². The molecule has 5 atom stereocenters. The normalized spacial score (nSPS) is 20.4. The second-order valence-corrected chi connectivity index (χ2v) is 13.0. The number of ether oxygens (including phenoxy) is 5. The Morgan fingerprint density at radius 2 is 1.63 bits per heavy atom. The zero-order valence-electron chi connectivity index (χ0n) is 28.2. The highest BCUT2D eigenvalue weighted by atomic mass is 16.7. The number of carboxylic acid groups (broad SMARTS) is 1. The highest BCUT2D eigenvalue weighted by Crippen LogP contribution is 2.56. The zero-order chi connectivity index (χ0) is 36.1. The number of aromatic amines is 1. The Kier molecular flexibility index (Phi) is 8.25. The van der Waals surface area contributed by atoms with Crippen LogP contribution < -0.4 is 29.6 Å². The van der Waals surface area contributed by atoms with Crippen molar-refractivity contribution in [1.82, 2.24) is 10.3 Å². The van der Waals surface area contributed by atoms with Gasteiger partial charge in [0, 0.05) is 46.6 Å². The van der Waals surface area contributed by atoms with E-state index >= 15 is 0 Å². The average Bonchev–Trinajstić information content (AvgIpc) is 3.89. The lowest BCUT2D eigenvalue weighted by molar-refractivity contribution is -0.142. The zero-order valence-corrected chi connectivity index (χ0v) is 28.2. The number of hydrogen-bond acceptors (Lipinski definition) is 10. The molecule has 0 spiro atoms. The number of H-pyrrole nitrogens is 1. The molecular formula is C39H35N3O10. The van der Waals surface area contributed by atoms with Gasteiger partial charge in [-0.1, -0.05) is 18.2 Å². The molecule has 0 bridgehead atoms. The van der Waals surface area contributed by atoms with Crippen molar-refractivity contribution in [3.8, 4) is 28.7 Å². The lowest BCUT2D eigenvalue weighted by Gasteiger charge is -2.40. The van der Waals surface area contributed by atoms with E-state index in [4.69, 9.17) is 23.7 Å². The van der Waals surface area contributed by atoms with Gasteiger partial charge in [-0.3, -0.25) is 9.59 Å². The standard InChI is InChI=1S/C39H35N3O10/c1-48-31-12-20(13-32(49-2)36(31)43)33-24-14-29-30(52-18-51-29)15-25(24)35(26-17-50-39(47)34(26)33)41-22-9-7-19(8-10-22)37(44)42-28(38(45)46)11-21-16-40-27-6-4-3-5-23(21)27/h3-10,12-16,26,28,33-35,40-41,43H,11,17-18H2,1-2H3,(H,42,44)(H,45,46)/t26-,28-,33+,34-,35+/m0/s1. The largest absolute Gasteiger partial charge is 0.502 e. The topological polar surface area (TPSA) is 178 Å². The minimum absolute atomic E-state index is 0.0603. The van der Waals surface area contributed by atoms with Gasteiger partial charge in [-0.15, -0.1) is 0 Å². The molecule has 1 amide bonds. The highest BCUT2D eigenvalue weighted by molar-refractivity contribution is 5.97. The number of cyclic esters (lactones) is 1. The quantitative estimate of drug-likeness (QED) is 0.122. The van der Waals surface area contributed by atoms with Crippen LogP contribution in [-0.4, -0.2) is 66.7 Å². The summed E-state index contributed by atoms with van der Waals surface area (Å²) in [5.41, 5.74) is 5.00. The Morgan fingerprint density at radius 3 is 2.33 bits per heavy atom. The van der Waals surface area contributed by atoms with Crippen LogP contribution in [0.25, 0.3) is 10.9 Å². The third-order valence-electron chi connectivity index (χ3n) is 10.2. The molecule has 13 heteroatoms. The third kappa shape index (κ3) is 5.63. The van der Waals surface area contributed by atoms with Gasteiger partial charge >= 0.3 is 11.9 Å². The number of aromatic nitrogens is 1. The second kappa shape index (κ2) is 13.1. The van der Waals surface area contributed by atoms with Crippen LogP contribution in [0.3, 0.4) is 0 Å². The van der Waals surface area contributed by atoms with Gasteiger partial charge < -0.3 is 49.5 Å². The van der Waals surface area contributed by atoms with Crippen LogP contribution in [0.4, 0.5) is 5.69 Å². The SMILES string of the molecule is COc1cc([C@@H]2c3cc4c(cc3[C@@H](Nc3ccc(C(=O)N[C@@H](Cc5c[nH]c6ccccc56)C(=O)O)cc3)[C@H]3COC(=O)[C@H]23)OCO4)cc(OC)c1O. The monoisotopic (exact) mass is 705 g/mol. The molecule has 1 aliphatic carbocycles. The number of phenolic OH excluding ortho intramolecular Hbond substituents is 1. The molecule has 0 saturated carbocycles. The van der Waals surface area contributed by atoms with Crippen LogP contribution >= 0.6 is 0 Å². The van der Waals surface area contributed by atoms with Crippen molar-refractivity contribution >= 4 is 34.4 Å². The number of anilines is 1. The number of carbonyl (C=O) groups is 3. The summed E-state index contributed by atoms with van der Waals surface area (Å²) in [4.78, 5) is 42.1. The van der Waals surface area contributed by atoms with Gasteiger partial charge in [-0.2, -0.15) is 0 Å². The van der Waals surface area contributed by atoms with Crippen molar-refractivity contribution in [2.75, 3.05) is 32.9 Å². The van der Waals surface area contributed by atoms with Gasteiger partial charge in [0.2, 0.25) is 12.5 Å². The Hall–Kier alpha value is -6.37. The van der Waals surface area contributed by atoms with E-state index in [1.807, 2.05) is 36.4 Å². The number of hydrogen-bond donors (Lipinski definition) is 5. The van der Waals surface area contributed by atoms with Gasteiger partial charge in [0.1, 0.15) is 6.04 Å². The number of nitrogens with one attached hydrogen (secondary N) is 3. The summed E-state index contributed by atoms with van der Waals surface area (Å²) >= 11 is 0. The number of benzene rings is 4. The van der Waals surface area contributed by atoms with Gasteiger partial charge in [-0.05, 0) is 76.9 Å². The minimum Gasteiger partial charge on any atom is -0.502 e. The third-order valence-corrected chi connectivity index (χ3v) is 10.2. The number of esters is 1. The van der Waals surface area contributed by atoms with Crippen molar-refractivity contribution in [2.45, 2.75) is 24.4 Å². The second-order valence-electron chi connectivity index (χ2n) is 13.0. The molecule has 5 N–H and O–H groups in total. The summed E-state index contributed by atoms with van der Waals surface area (Å²) in [6, 6.07) is 20.0. The number of carbonyl (C=O) groups excluding carboxylic acids is 2. The maximum absolute atomic E-state index is 13.5. The Labute approximate surface area is 297 Å². The number of aromatic hydroxyl groups is 1. The van der Waals surface area contributed by atoms with E-state index in [1.165, 1.54) is 14.2 Å². The van der Waals surface area contributed by atoms with Crippen LogP contribution in [0, 0.1) is 11.8 Å². The summed E-state index contributed by atoms with van der Waals surface area (Å²) in [6.07, 6.45) is 1.87. The molecule has 5 aromatic rings. The average molecular weight is 706 g/mol. The number of fused-ring (bicyclic) bond motifs is 4. The predicted molar refractivity (Wildman–Crippen MR) is 187 cm³/mol. The Bertz CT molecular complexity index is 2190. The molecule has 0 unspecified atom stereocenters. The highest BCUT2D eigenvalue weighted by Gasteiger charge is 2.52. The maximum Gasteiger partial charge on any atom is 0.326 e. The fourth-order valence-corrected chi connectivity index (χ4v) is 7.70. The molecule has 52 heavy (non-hydrogen) atoms. The van der Waals surface area contributed by atoms with E-state index in [0.717, 1.165) is 27.6 Å². The van der Waals surface area contributed by atoms with E-state index in [2.05, 4.69) is 15.6 Å². The molecule has 8 rings (SSSR count). The fourth-order valence-electron chi connectivity index (χ4n) is 7.70. The van der Waals surface area contributed by atoms with Crippen LogP contribution in [0.5, 0.6) is 28.7 Å². The summed E-state index contributed by atoms with van der Waals surface area (Å²) in [6.45, 7) is 0.218. The molecule has 0 radical (unpaired) electrons. The molecule has 4 aromatic carbocycles. The first-order valence-electron chi connectivity index (χ1n) is 16.7.